The predicted octanol–water partition coefficient (Wildman–Crippen LogP) is 2.28. The number of rotatable bonds is 4. The van der Waals surface area contributed by atoms with E-state index in [0.717, 1.165) is 22.8 Å². The Kier molecular flexibility index (Phi) is 3.45. The Morgan fingerprint density at radius 3 is 2.89 bits per heavy atom. The third-order valence-electron chi connectivity index (χ3n) is 3.16. The molecule has 4 heteroatoms. The van der Waals surface area contributed by atoms with Crippen molar-refractivity contribution in [3.63, 3.8) is 0 Å². The zero-order valence-corrected chi connectivity index (χ0v) is 10.4. The minimum Gasteiger partial charge on any atom is -0.383 e. The molecule has 1 aromatic carbocycles. The number of aromatic nitrogens is 1. The smallest absolute Gasteiger partial charge is 0.150 e. The third-order valence-corrected chi connectivity index (χ3v) is 3.16. The molecule has 0 unspecified atom stereocenters. The van der Waals surface area contributed by atoms with Crippen LogP contribution >= 0.6 is 0 Å². The van der Waals surface area contributed by atoms with E-state index < -0.39 is 0 Å². The summed E-state index contributed by atoms with van der Waals surface area (Å²) in [7, 11) is 1.63. The molecule has 0 spiro atoms. The normalized spacial score (nSPS) is 10.5. The quantitative estimate of drug-likeness (QED) is 0.773. The number of fused-ring (bicyclic) bond motifs is 1. The molecule has 0 amide bonds. The largest absolute Gasteiger partial charge is 0.383 e. The Labute approximate surface area is 105 Å². The van der Waals surface area contributed by atoms with Crippen molar-refractivity contribution in [2.45, 2.75) is 13.5 Å². The summed E-state index contributed by atoms with van der Waals surface area (Å²) in [6, 6.07) is 7.67. The molecule has 2 rings (SSSR count). The molecule has 0 radical (unpaired) electrons. The molecule has 0 aliphatic rings. The molecule has 2 aromatic rings. The van der Waals surface area contributed by atoms with Crippen molar-refractivity contribution < 1.29 is 9.53 Å². The lowest BCUT2D eigenvalue weighted by atomic mass is 10.1. The Balaban J connectivity index is 2.66. The van der Waals surface area contributed by atoms with Gasteiger partial charge in [-0.1, -0.05) is 0 Å². The van der Waals surface area contributed by atoms with E-state index in [2.05, 4.69) is 6.07 Å². The highest BCUT2D eigenvalue weighted by Crippen LogP contribution is 2.25. The van der Waals surface area contributed by atoms with Crippen molar-refractivity contribution in [1.29, 1.82) is 5.26 Å². The molecule has 0 fully saturated rings. The van der Waals surface area contributed by atoms with Gasteiger partial charge in [-0.15, -0.1) is 0 Å². The highest BCUT2D eigenvalue weighted by molar-refractivity contribution is 5.92. The van der Waals surface area contributed by atoms with E-state index in [1.54, 1.807) is 13.2 Å². The van der Waals surface area contributed by atoms with Gasteiger partial charge in [0.15, 0.2) is 0 Å². The summed E-state index contributed by atoms with van der Waals surface area (Å²) in [6.45, 7) is 3.07. The first-order chi connectivity index (χ1) is 8.72. The molecule has 0 aliphatic heterocycles. The van der Waals surface area contributed by atoms with Crippen molar-refractivity contribution in [1.82, 2.24) is 4.57 Å². The van der Waals surface area contributed by atoms with E-state index in [9.17, 15) is 4.79 Å². The van der Waals surface area contributed by atoms with Crippen LogP contribution in [0.2, 0.25) is 0 Å². The summed E-state index contributed by atoms with van der Waals surface area (Å²) in [4.78, 5) is 10.9. The summed E-state index contributed by atoms with van der Waals surface area (Å²) in [5.74, 6) is 0. The van der Waals surface area contributed by atoms with Crippen LogP contribution in [-0.4, -0.2) is 24.6 Å². The van der Waals surface area contributed by atoms with Gasteiger partial charge in [-0.25, -0.2) is 0 Å². The number of hydrogen-bond acceptors (Lipinski definition) is 3. The van der Waals surface area contributed by atoms with Crippen LogP contribution in [-0.2, 0) is 11.3 Å². The van der Waals surface area contributed by atoms with Gasteiger partial charge in [0.25, 0.3) is 0 Å². The zero-order chi connectivity index (χ0) is 13.1. The first-order valence-electron chi connectivity index (χ1n) is 5.70. The molecular weight excluding hydrogens is 228 g/mol. The van der Waals surface area contributed by atoms with Crippen LogP contribution < -0.4 is 0 Å². The fourth-order valence-corrected chi connectivity index (χ4v) is 2.14. The fourth-order valence-electron chi connectivity index (χ4n) is 2.14. The first-order valence-corrected chi connectivity index (χ1v) is 5.70. The van der Waals surface area contributed by atoms with Gasteiger partial charge in [0.05, 0.1) is 6.61 Å². The van der Waals surface area contributed by atoms with Crippen molar-refractivity contribution in [2.24, 2.45) is 0 Å². The summed E-state index contributed by atoms with van der Waals surface area (Å²) < 4.78 is 6.97. The lowest BCUT2D eigenvalue weighted by Crippen LogP contribution is -2.05. The van der Waals surface area contributed by atoms with Gasteiger partial charge in [-0.05, 0) is 30.7 Å². The molecule has 18 heavy (non-hydrogen) atoms. The molecule has 0 saturated heterocycles. The molecule has 0 atom stereocenters. The molecule has 0 aliphatic carbocycles. The number of aldehydes is 1. The monoisotopic (exact) mass is 242 g/mol. The molecule has 92 valence electrons. The zero-order valence-electron chi connectivity index (χ0n) is 10.4. The number of methoxy groups -OCH3 is 1. The summed E-state index contributed by atoms with van der Waals surface area (Å²) >= 11 is 0. The summed E-state index contributed by atoms with van der Waals surface area (Å²) in [5.41, 5.74) is 3.13. The Morgan fingerprint density at radius 1 is 1.50 bits per heavy atom. The average Bonchev–Trinajstić information content (AvgIpc) is 2.75. The number of aryl methyl sites for hydroxylation is 1. The van der Waals surface area contributed by atoms with Crippen LogP contribution in [0, 0.1) is 18.3 Å². The van der Waals surface area contributed by atoms with Gasteiger partial charge in [-0.2, -0.15) is 5.26 Å². The number of carbonyl (C=O) groups excluding carboxylic acids is 1. The lowest BCUT2D eigenvalue weighted by Gasteiger charge is -2.07. The number of ether oxygens (including phenoxy) is 1. The fraction of sp³-hybridized carbons (Fsp3) is 0.286. The van der Waals surface area contributed by atoms with Crippen LogP contribution in [0.25, 0.3) is 10.9 Å². The number of nitriles is 1. The number of benzene rings is 1. The second-order valence-electron chi connectivity index (χ2n) is 4.12. The standard InChI is InChI=1S/C14H14N2O2/c1-10-11(9-17)3-4-14-13(10)7-12(8-15)16(14)5-6-18-2/h3-4,7,9H,5-6H2,1-2H3. The predicted molar refractivity (Wildman–Crippen MR) is 68.7 cm³/mol. The van der Waals surface area contributed by atoms with Crippen molar-refractivity contribution in [3.8, 4) is 6.07 Å². The van der Waals surface area contributed by atoms with Gasteiger partial charge >= 0.3 is 0 Å². The number of carbonyl (C=O) groups is 1. The topological polar surface area (TPSA) is 55.0 Å². The first kappa shape index (κ1) is 12.3. The van der Waals surface area contributed by atoms with Gasteiger partial charge < -0.3 is 9.30 Å². The SMILES string of the molecule is COCCn1c(C#N)cc2c(C)c(C=O)ccc21. The number of hydrogen-bond donors (Lipinski definition) is 0. The van der Waals surface area contributed by atoms with E-state index in [1.807, 2.05) is 23.6 Å². The van der Waals surface area contributed by atoms with Crippen LogP contribution in [0.15, 0.2) is 18.2 Å². The lowest BCUT2D eigenvalue weighted by molar-refractivity contribution is 0.112. The van der Waals surface area contributed by atoms with E-state index in [1.165, 1.54) is 0 Å². The Morgan fingerprint density at radius 2 is 2.28 bits per heavy atom. The van der Waals surface area contributed by atoms with E-state index in [-0.39, 0.29) is 0 Å². The second kappa shape index (κ2) is 5.03. The molecule has 0 N–H and O–H groups in total. The molecular formula is C14H14N2O2. The molecule has 0 bridgehead atoms. The van der Waals surface area contributed by atoms with Crippen LogP contribution in [0.5, 0.6) is 0 Å². The maximum Gasteiger partial charge on any atom is 0.150 e. The minimum atomic E-state index is 0.549. The minimum absolute atomic E-state index is 0.549. The Bertz CT molecular complexity index is 635. The number of nitrogens with zero attached hydrogens (tertiary/aromatic N) is 2. The van der Waals surface area contributed by atoms with Crippen LogP contribution in [0.3, 0.4) is 0 Å². The van der Waals surface area contributed by atoms with Crippen molar-refractivity contribution in [2.75, 3.05) is 13.7 Å². The van der Waals surface area contributed by atoms with Gasteiger partial charge in [0.1, 0.15) is 18.0 Å². The van der Waals surface area contributed by atoms with Gasteiger partial charge in [-0.3, -0.25) is 4.79 Å². The summed E-state index contributed by atoms with van der Waals surface area (Å²) in [6.07, 6.45) is 0.841. The Hall–Kier alpha value is -2.12. The summed E-state index contributed by atoms with van der Waals surface area (Å²) in [5, 5.41) is 10.1. The van der Waals surface area contributed by atoms with Gasteiger partial charge in [0.2, 0.25) is 0 Å². The highest BCUT2D eigenvalue weighted by Gasteiger charge is 2.11. The highest BCUT2D eigenvalue weighted by atomic mass is 16.5. The maximum absolute atomic E-state index is 10.9. The average molecular weight is 242 g/mol. The second-order valence-corrected chi connectivity index (χ2v) is 4.12. The third kappa shape index (κ3) is 1.89. The van der Waals surface area contributed by atoms with E-state index in [4.69, 9.17) is 10.00 Å². The van der Waals surface area contributed by atoms with Crippen molar-refractivity contribution in [3.05, 3.63) is 35.0 Å². The van der Waals surface area contributed by atoms with E-state index in [0.29, 0.717) is 24.4 Å². The van der Waals surface area contributed by atoms with E-state index >= 15 is 0 Å². The molecule has 4 nitrogen and oxygen atoms in total. The van der Waals surface area contributed by atoms with Crippen LogP contribution in [0.1, 0.15) is 21.6 Å². The molecule has 0 saturated carbocycles. The molecule has 1 heterocycles. The van der Waals surface area contributed by atoms with Crippen LogP contribution in [0.4, 0.5) is 0 Å². The van der Waals surface area contributed by atoms with Crippen molar-refractivity contribution >= 4 is 17.2 Å². The van der Waals surface area contributed by atoms with Gasteiger partial charge in [0, 0.05) is 30.1 Å². The molecule has 1 aromatic heterocycles. The maximum atomic E-state index is 10.9.